The lowest BCUT2D eigenvalue weighted by Gasteiger charge is -2.25. The fourth-order valence-corrected chi connectivity index (χ4v) is 4.86. The smallest absolute Gasteiger partial charge is 0.269 e. The molecule has 0 atom stereocenters. The van der Waals surface area contributed by atoms with Crippen LogP contribution in [0.4, 0.5) is 5.69 Å². The lowest BCUT2D eigenvalue weighted by atomic mass is 9.95. The molecule has 0 unspecified atom stereocenters. The summed E-state index contributed by atoms with van der Waals surface area (Å²) in [4.78, 5) is 23.0. The third kappa shape index (κ3) is 4.83. The van der Waals surface area contributed by atoms with Crippen molar-refractivity contribution >= 4 is 23.2 Å². The van der Waals surface area contributed by atoms with E-state index in [0.29, 0.717) is 11.6 Å². The minimum Gasteiger partial charge on any atom is -0.497 e. The number of non-ortho nitro benzene ring substituents is 1. The zero-order chi connectivity index (χ0) is 22.5. The second-order valence-electron chi connectivity index (χ2n) is 7.71. The third-order valence-corrected chi connectivity index (χ3v) is 6.63. The van der Waals surface area contributed by atoms with Crippen molar-refractivity contribution in [3.8, 4) is 17.1 Å². The number of ketones is 1. The van der Waals surface area contributed by atoms with E-state index in [4.69, 9.17) is 4.74 Å². The van der Waals surface area contributed by atoms with Gasteiger partial charge < -0.3 is 4.74 Å². The van der Waals surface area contributed by atoms with E-state index in [9.17, 15) is 14.9 Å². The van der Waals surface area contributed by atoms with Gasteiger partial charge >= 0.3 is 0 Å². The molecule has 0 radical (unpaired) electrons. The van der Waals surface area contributed by atoms with Gasteiger partial charge in [0, 0.05) is 29.3 Å². The summed E-state index contributed by atoms with van der Waals surface area (Å²) in [7, 11) is 1.64. The van der Waals surface area contributed by atoms with Crippen molar-refractivity contribution < 1.29 is 14.5 Å². The van der Waals surface area contributed by atoms with Crippen LogP contribution in [-0.4, -0.2) is 38.3 Å². The lowest BCUT2D eigenvalue weighted by molar-refractivity contribution is -0.384. The number of hydrogen-bond acceptors (Lipinski definition) is 7. The summed E-state index contributed by atoms with van der Waals surface area (Å²) < 4.78 is 7.44. The average molecular weight is 453 g/mol. The molecule has 1 aromatic heterocycles. The summed E-state index contributed by atoms with van der Waals surface area (Å²) in [6.45, 7) is 0. The Morgan fingerprint density at radius 2 is 1.78 bits per heavy atom. The Bertz CT molecular complexity index is 1090. The zero-order valence-corrected chi connectivity index (χ0v) is 18.6. The molecule has 0 bridgehead atoms. The van der Waals surface area contributed by atoms with Crippen molar-refractivity contribution in [3.63, 3.8) is 0 Å². The van der Waals surface area contributed by atoms with Gasteiger partial charge in [0.05, 0.1) is 17.8 Å². The highest BCUT2D eigenvalue weighted by Crippen LogP contribution is 2.36. The van der Waals surface area contributed by atoms with Gasteiger partial charge in [0.1, 0.15) is 5.75 Å². The minimum atomic E-state index is -0.476. The monoisotopic (exact) mass is 452 g/mol. The average Bonchev–Trinajstić information content (AvgIpc) is 3.27. The van der Waals surface area contributed by atoms with Gasteiger partial charge in [-0.05, 0) is 49.2 Å². The lowest BCUT2D eigenvalue weighted by Crippen LogP contribution is -2.15. The van der Waals surface area contributed by atoms with Crippen molar-refractivity contribution in [1.82, 2.24) is 14.8 Å². The van der Waals surface area contributed by atoms with E-state index >= 15 is 0 Å². The number of thioether (sulfide) groups is 1. The molecule has 8 nitrogen and oxygen atoms in total. The first kappa shape index (κ1) is 22.0. The van der Waals surface area contributed by atoms with Crippen molar-refractivity contribution in [3.05, 3.63) is 64.2 Å². The maximum Gasteiger partial charge on any atom is 0.269 e. The second kappa shape index (κ2) is 9.95. The van der Waals surface area contributed by atoms with Crippen LogP contribution in [0, 0.1) is 10.1 Å². The Morgan fingerprint density at radius 3 is 2.41 bits per heavy atom. The van der Waals surface area contributed by atoms with Gasteiger partial charge in [0.25, 0.3) is 5.69 Å². The number of methoxy groups -OCH3 is 1. The minimum absolute atomic E-state index is 0.0321. The van der Waals surface area contributed by atoms with Crippen LogP contribution in [-0.2, 0) is 0 Å². The fraction of sp³-hybridized carbons (Fsp3) is 0.348. The molecule has 2 aromatic carbocycles. The van der Waals surface area contributed by atoms with Crippen LogP contribution in [0.15, 0.2) is 53.7 Å². The molecular formula is C23H24N4O4S. The first-order valence-corrected chi connectivity index (χ1v) is 11.5. The van der Waals surface area contributed by atoms with Crippen molar-refractivity contribution in [2.75, 3.05) is 12.9 Å². The molecule has 1 saturated carbocycles. The van der Waals surface area contributed by atoms with Crippen molar-refractivity contribution in [2.24, 2.45) is 0 Å². The third-order valence-electron chi connectivity index (χ3n) is 5.69. The van der Waals surface area contributed by atoms with E-state index in [0.717, 1.165) is 48.0 Å². The summed E-state index contributed by atoms with van der Waals surface area (Å²) in [5.41, 5.74) is 1.37. The molecule has 4 rings (SSSR count). The fourth-order valence-electron chi connectivity index (χ4n) is 3.96. The first-order chi connectivity index (χ1) is 15.6. The van der Waals surface area contributed by atoms with Crippen LogP contribution in [0.1, 0.15) is 48.5 Å². The molecule has 32 heavy (non-hydrogen) atoms. The van der Waals surface area contributed by atoms with Gasteiger partial charge in [0.2, 0.25) is 0 Å². The molecule has 1 aliphatic carbocycles. The highest BCUT2D eigenvalue weighted by atomic mass is 32.2. The van der Waals surface area contributed by atoms with E-state index in [1.807, 2.05) is 24.3 Å². The number of benzene rings is 2. The molecule has 0 aliphatic heterocycles. The SMILES string of the molecule is COc1ccc(-c2nnc(SCC(=O)c3ccc([N+](=O)[O-])cc3)n2C2CCCCC2)cc1. The van der Waals surface area contributed by atoms with E-state index in [1.165, 1.54) is 42.4 Å². The van der Waals surface area contributed by atoms with Crippen molar-refractivity contribution in [2.45, 2.75) is 43.3 Å². The summed E-state index contributed by atoms with van der Waals surface area (Å²) in [5, 5.41) is 20.4. The van der Waals surface area contributed by atoms with Gasteiger partial charge in [-0.3, -0.25) is 19.5 Å². The Morgan fingerprint density at radius 1 is 1.09 bits per heavy atom. The van der Waals surface area contributed by atoms with E-state index in [2.05, 4.69) is 14.8 Å². The van der Waals surface area contributed by atoms with Gasteiger partial charge in [-0.2, -0.15) is 0 Å². The van der Waals surface area contributed by atoms with Crippen LogP contribution in [0.5, 0.6) is 5.75 Å². The normalized spacial score (nSPS) is 14.3. The number of nitro groups is 1. The summed E-state index contributed by atoms with van der Waals surface area (Å²) in [5.74, 6) is 1.66. The topological polar surface area (TPSA) is 100 Å². The van der Waals surface area contributed by atoms with E-state index in [-0.39, 0.29) is 17.2 Å². The molecule has 0 saturated heterocycles. The molecule has 0 N–H and O–H groups in total. The summed E-state index contributed by atoms with van der Waals surface area (Å²) in [6, 6.07) is 13.7. The molecule has 1 aliphatic rings. The van der Waals surface area contributed by atoms with Gasteiger partial charge in [-0.1, -0.05) is 31.0 Å². The molecule has 1 fully saturated rings. The molecule has 166 valence electrons. The molecule has 1 heterocycles. The Balaban J connectivity index is 1.56. The van der Waals surface area contributed by atoms with Gasteiger partial charge in [-0.15, -0.1) is 10.2 Å². The van der Waals surface area contributed by atoms with E-state index in [1.54, 1.807) is 7.11 Å². The zero-order valence-electron chi connectivity index (χ0n) is 17.8. The van der Waals surface area contributed by atoms with E-state index < -0.39 is 4.92 Å². The number of carbonyl (C=O) groups excluding carboxylic acids is 1. The molecule has 9 heteroatoms. The number of Topliss-reactive ketones (excluding diaryl/α,β-unsaturated/α-hetero) is 1. The predicted molar refractivity (Wildman–Crippen MR) is 122 cm³/mol. The summed E-state index contributed by atoms with van der Waals surface area (Å²) in [6.07, 6.45) is 5.68. The first-order valence-electron chi connectivity index (χ1n) is 10.6. The van der Waals surface area contributed by atoms with Crippen LogP contribution < -0.4 is 4.74 Å². The summed E-state index contributed by atoms with van der Waals surface area (Å²) >= 11 is 1.36. The number of rotatable bonds is 8. The molecular weight excluding hydrogens is 428 g/mol. The maximum absolute atomic E-state index is 12.7. The largest absolute Gasteiger partial charge is 0.497 e. The predicted octanol–water partition coefficient (Wildman–Crippen LogP) is 5.34. The molecule has 3 aromatic rings. The maximum atomic E-state index is 12.7. The number of nitro benzene ring substituents is 1. The Kier molecular flexibility index (Phi) is 6.84. The number of nitrogens with zero attached hydrogens (tertiary/aromatic N) is 4. The van der Waals surface area contributed by atoms with Crippen LogP contribution >= 0.6 is 11.8 Å². The highest BCUT2D eigenvalue weighted by Gasteiger charge is 2.24. The molecule has 0 amide bonds. The highest BCUT2D eigenvalue weighted by molar-refractivity contribution is 7.99. The van der Waals surface area contributed by atoms with Crippen LogP contribution in [0.25, 0.3) is 11.4 Å². The van der Waals surface area contributed by atoms with Crippen LogP contribution in [0.2, 0.25) is 0 Å². The van der Waals surface area contributed by atoms with Gasteiger partial charge in [0.15, 0.2) is 16.8 Å². The number of aromatic nitrogens is 3. The Hall–Kier alpha value is -3.20. The molecule has 0 spiro atoms. The number of carbonyl (C=O) groups is 1. The van der Waals surface area contributed by atoms with Crippen molar-refractivity contribution in [1.29, 1.82) is 0 Å². The second-order valence-corrected chi connectivity index (χ2v) is 8.65. The standard InChI is InChI=1S/C23H24N4O4S/c1-31-20-13-9-17(10-14-20)22-24-25-23(26(22)18-5-3-2-4-6-18)32-15-21(28)16-7-11-19(12-8-16)27(29)30/h7-14,18H,2-6,15H2,1H3. The van der Waals surface area contributed by atoms with Crippen LogP contribution in [0.3, 0.4) is 0 Å². The Labute approximate surface area is 190 Å². The quantitative estimate of drug-likeness (QED) is 0.197. The number of ether oxygens (including phenoxy) is 1. The number of hydrogen-bond donors (Lipinski definition) is 0. The van der Waals surface area contributed by atoms with Gasteiger partial charge in [-0.25, -0.2) is 0 Å².